The van der Waals surface area contributed by atoms with Crippen LogP contribution < -0.4 is 5.32 Å². The van der Waals surface area contributed by atoms with Crippen LogP contribution in [0.5, 0.6) is 0 Å². The van der Waals surface area contributed by atoms with E-state index in [2.05, 4.69) is 10.3 Å². The Morgan fingerprint density at radius 3 is 2.60 bits per heavy atom. The van der Waals surface area contributed by atoms with Crippen molar-refractivity contribution in [1.29, 1.82) is 0 Å². The number of carbonyl (C=O) groups excluding carboxylic acids is 2. The lowest BCUT2D eigenvalue weighted by molar-refractivity contribution is 0.0603. The van der Waals surface area contributed by atoms with Crippen LogP contribution >= 0.6 is 22.9 Å². The molecule has 0 saturated carbocycles. The van der Waals surface area contributed by atoms with Crippen molar-refractivity contribution in [2.24, 2.45) is 0 Å². The second kappa shape index (κ2) is 7.46. The summed E-state index contributed by atoms with van der Waals surface area (Å²) in [7, 11) is 1.30. The minimum absolute atomic E-state index is 0.0967. The number of anilines is 1. The number of carbonyl (C=O) groups is 2. The molecule has 0 fully saturated rings. The van der Waals surface area contributed by atoms with E-state index in [1.54, 1.807) is 12.1 Å². The van der Waals surface area contributed by atoms with Crippen molar-refractivity contribution < 1.29 is 14.3 Å². The highest BCUT2D eigenvalue weighted by Gasteiger charge is 2.23. The molecule has 1 N–H and O–H groups in total. The SMILES string of the molecule is COC(=O)c1c(-c2ccccc2)csc1NC(=O)c1cccnc1Cl. The molecule has 5 nitrogen and oxygen atoms in total. The number of pyridine rings is 1. The quantitative estimate of drug-likeness (QED) is 0.540. The van der Waals surface area contributed by atoms with Crippen LogP contribution in [0.3, 0.4) is 0 Å². The van der Waals surface area contributed by atoms with E-state index in [0.29, 0.717) is 16.1 Å². The number of benzene rings is 1. The lowest BCUT2D eigenvalue weighted by Gasteiger charge is -2.08. The number of methoxy groups -OCH3 is 1. The molecule has 25 heavy (non-hydrogen) atoms. The number of ether oxygens (including phenoxy) is 1. The highest BCUT2D eigenvalue weighted by molar-refractivity contribution is 7.15. The van der Waals surface area contributed by atoms with Gasteiger partial charge in [0.1, 0.15) is 15.7 Å². The number of aromatic nitrogens is 1. The molecule has 0 radical (unpaired) electrons. The highest BCUT2D eigenvalue weighted by atomic mass is 35.5. The fourth-order valence-corrected chi connectivity index (χ4v) is 3.47. The van der Waals surface area contributed by atoms with Gasteiger partial charge in [-0.1, -0.05) is 41.9 Å². The minimum atomic E-state index is -0.521. The maximum atomic E-state index is 12.5. The lowest BCUT2D eigenvalue weighted by atomic mass is 10.0. The zero-order valence-electron chi connectivity index (χ0n) is 13.2. The van der Waals surface area contributed by atoms with Crippen molar-refractivity contribution >= 4 is 39.8 Å². The van der Waals surface area contributed by atoms with Gasteiger partial charge in [-0.3, -0.25) is 4.79 Å². The molecular weight excluding hydrogens is 360 g/mol. The molecule has 0 bridgehead atoms. The number of thiophene rings is 1. The number of amides is 1. The Kier molecular flexibility index (Phi) is 5.11. The minimum Gasteiger partial charge on any atom is -0.465 e. The lowest BCUT2D eigenvalue weighted by Crippen LogP contribution is -2.15. The number of nitrogens with one attached hydrogen (secondary N) is 1. The fraction of sp³-hybridized carbons (Fsp3) is 0.0556. The van der Waals surface area contributed by atoms with E-state index < -0.39 is 11.9 Å². The van der Waals surface area contributed by atoms with E-state index in [1.165, 1.54) is 24.6 Å². The maximum Gasteiger partial charge on any atom is 0.341 e. The van der Waals surface area contributed by atoms with Gasteiger partial charge in [0.25, 0.3) is 5.91 Å². The summed E-state index contributed by atoms with van der Waals surface area (Å²) >= 11 is 7.20. The van der Waals surface area contributed by atoms with Crippen LogP contribution in [0.15, 0.2) is 54.0 Å². The Balaban J connectivity index is 2.00. The molecule has 1 amide bonds. The monoisotopic (exact) mass is 372 g/mol. The Hall–Kier alpha value is -2.70. The first-order chi connectivity index (χ1) is 12.1. The molecule has 0 aliphatic carbocycles. The van der Waals surface area contributed by atoms with Crippen LogP contribution in [0.25, 0.3) is 11.1 Å². The zero-order chi connectivity index (χ0) is 17.8. The van der Waals surface area contributed by atoms with E-state index in [1.807, 2.05) is 35.7 Å². The van der Waals surface area contributed by atoms with E-state index in [4.69, 9.17) is 16.3 Å². The van der Waals surface area contributed by atoms with Crippen molar-refractivity contribution in [3.05, 3.63) is 70.3 Å². The average molecular weight is 373 g/mol. The van der Waals surface area contributed by atoms with Crippen molar-refractivity contribution in [2.75, 3.05) is 12.4 Å². The predicted molar refractivity (Wildman–Crippen MR) is 98.3 cm³/mol. The van der Waals surface area contributed by atoms with Crippen molar-refractivity contribution in [3.8, 4) is 11.1 Å². The van der Waals surface area contributed by atoms with Gasteiger partial charge in [0.2, 0.25) is 0 Å². The summed E-state index contributed by atoms with van der Waals surface area (Å²) in [4.78, 5) is 28.6. The van der Waals surface area contributed by atoms with Gasteiger partial charge in [0.15, 0.2) is 0 Å². The van der Waals surface area contributed by atoms with Gasteiger partial charge in [-0.2, -0.15) is 0 Å². The van der Waals surface area contributed by atoms with Crippen molar-refractivity contribution in [2.45, 2.75) is 0 Å². The number of esters is 1. The third kappa shape index (κ3) is 3.55. The van der Waals surface area contributed by atoms with Gasteiger partial charge in [0, 0.05) is 17.1 Å². The second-order valence-corrected chi connectivity index (χ2v) is 6.24. The third-order valence-corrected chi connectivity index (χ3v) is 4.69. The largest absolute Gasteiger partial charge is 0.465 e. The van der Waals surface area contributed by atoms with Crippen LogP contribution in [-0.2, 0) is 4.74 Å². The highest BCUT2D eigenvalue weighted by Crippen LogP contribution is 2.36. The molecule has 1 aromatic carbocycles. The smallest absolute Gasteiger partial charge is 0.341 e. The Morgan fingerprint density at radius 2 is 1.92 bits per heavy atom. The zero-order valence-corrected chi connectivity index (χ0v) is 14.7. The first-order valence-corrected chi connectivity index (χ1v) is 8.54. The molecule has 0 aliphatic rings. The molecule has 2 heterocycles. The van der Waals surface area contributed by atoms with Gasteiger partial charge in [-0.25, -0.2) is 9.78 Å². The second-order valence-electron chi connectivity index (χ2n) is 5.01. The molecule has 0 unspecified atom stereocenters. The number of hydrogen-bond donors (Lipinski definition) is 1. The standard InChI is InChI=1S/C18H13ClN2O3S/c1-24-18(23)14-13(11-6-3-2-4-7-11)10-25-17(14)21-16(22)12-8-5-9-20-15(12)19/h2-10H,1H3,(H,21,22). The summed E-state index contributed by atoms with van der Waals surface area (Å²) in [5.41, 5.74) is 2.10. The molecule has 3 rings (SSSR count). The Morgan fingerprint density at radius 1 is 1.16 bits per heavy atom. The van der Waals surface area contributed by atoms with E-state index in [0.717, 1.165) is 5.56 Å². The molecule has 7 heteroatoms. The Bertz CT molecular complexity index is 925. The van der Waals surface area contributed by atoms with E-state index in [-0.39, 0.29) is 10.7 Å². The first kappa shape index (κ1) is 17.1. The van der Waals surface area contributed by atoms with Gasteiger partial charge < -0.3 is 10.1 Å². The van der Waals surface area contributed by atoms with Crippen LogP contribution in [-0.4, -0.2) is 24.0 Å². The normalized spacial score (nSPS) is 10.3. The van der Waals surface area contributed by atoms with E-state index in [9.17, 15) is 9.59 Å². The third-order valence-electron chi connectivity index (χ3n) is 3.50. The topological polar surface area (TPSA) is 68.3 Å². The molecule has 0 atom stereocenters. The fourth-order valence-electron chi connectivity index (χ4n) is 2.31. The summed E-state index contributed by atoms with van der Waals surface area (Å²) < 4.78 is 4.89. The van der Waals surface area contributed by atoms with Gasteiger partial charge >= 0.3 is 5.97 Å². The number of halogens is 1. The number of hydrogen-bond acceptors (Lipinski definition) is 5. The molecule has 0 spiro atoms. The molecule has 0 aliphatic heterocycles. The first-order valence-electron chi connectivity index (χ1n) is 7.29. The maximum absolute atomic E-state index is 12.5. The molecule has 2 aromatic heterocycles. The molecular formula is C18H13ClN2O3S. The van der Waals surface area contributed by atoms with Crippen LogP contribution in [0.2, 0.25) is 5.15 Å². The van der Waals surface area contributed by atoms with Crippen molar-refractivity contribution in [1.82, 2.24) is 4.98 Å². The van der Waals surface area contributed by atoms with Crippen LogP contribution in [0.4, 0.5) is 5.00 Å². The van der Waals surface area contributed by atoms with Crippen LogP contribution in [0, 0.1) is 0 Å². The predicted octanol–water partition coefficient (Wildman–Crippen LogP) is 4.50. The average Bonchev–Trinajstić information content (AvgIpc) is 3.05. The Labute approximate surface area is 153 Å². The summed E-state index contributed by atoms with van der Waals surface area (Å²) in [6.07, 6.45) is 1.50. The van der Waals surface area contributed by atoms with Gasteiger partial charge in [-0.15, -0.1) is 11.3 Å². The molecule has 3 aromatic rings. The summed E-state index contributed by atoms with van der Waals surface area (Å²) in [6, 6.07) is 12.6. The number of nitrogens with zero attached hydrogens (tertiary/aromatic N) is 1. The van der Waals surface area contributed by atoms with Crippen molar-refractivity contribution in [3.63, 3.8) is 0 Å². The summed E-state index contributed by atoms with van der Waals surface area (Å²) in [6.45, 7) is 0. The number of rotatable bonds is 4. The van der Waals surface area contributed by atoms with Gasteiger partial charge in [0.05, 0.1) is 12.7 Å². The summed E-state index contributed by atoms with van der Waals surface area (Å²) in [5.74, 6) is -0.961. The van der Waals surface area contributed by atoms with E-state index >= 15 is 0 Å². The van der Waals surface area contributed by atoms with Gasteiger partial charge in [-0.05, 0) is 17.7 Å². The summed E-state index contributed by atoms with van der Waals surface area (Å²) in [5, 5.41) is 5.03. The molecule has 0 saturated heterocycles. The van der Waals surface area contributed by atoms with Crippen LogP contribution in [0.1, 0.15) is 20.7 Å². The molecule has 126 valence electrons.